The van der Waals surface area contributed by atoms with Gasteiger partial charge in [-0.1, -0.05) is 0 Å². The molecule has 2 atom stereocenters. The van der Waals surface area contributed by atoms with Crippen LogP contribution in [0.3, 0.4) is 0 Å². The fraction of sp³-hybridized carbons (Fsp3) is 0.667. The van der Waals surface area contributed by atoms with Crippen molar-refractivity contribution >= 4 is 11.8 Å². The average molecular weight is 428 g/mol. The molecule has 0 radical (unpaired) electrons. The van der Waals surface area contributed by atoms with Gasteiger partial charge in [-0.15, -0.1) is 0 Å². The summed E-state index contributed by atoms with van der Waals surface area (Å²) < 4.78 is 11.5. The number of amides is 2. The van der Waals surface area contributed by atoms with E-state index in [4.69, 9.17) is 9.47 Å². The molecule has 4 aliphatic rings. The number of hydrogen-bond donors (Lipinski definition) is 1. The van der Waals surface area contributed by atoms with Crippen molar-refractivity contribution in [3.8, 4) is 5.75 Å². The van der Waals surface area contributed by atoms with Crippen molar-refractivity contribution in [2.45, 2.75) is 56.7 Å². The minimum absolute atomic E-state index is 0.0213. The summed E-state index contributed by atoms with van der Waals surface area (Å²) in [5, 5.41) is 3.19. The van der Waals surface area contributed by atoms with E-state index >= 15 is 0 Å². The zero-order chi connectivity index (χ0) is 21.4. The second-order valence-corrected chi connectivity index (χ2v) is 9.50. The molecule has 7 nitrogen and oxygen atoms in total. The molecule has 5 rings (SSSR count). The van der Waals surface area contributed by atoms with Gasteiger partial charge in [0, 0.05) is 37.2 Å². The van der Waals surface area contributed by atoms with Gasteiger partial charge in [0.1, 0.15) is 5.75 Å². The molecule has 3 aliphatic heterocycles. The third-order valence-electron chi connectivity index (χ3n) is 7.47. The zero-order valence-corrected chi connectivity index (χ0v) is 18.3. The van der Waals surface area contributed by atoms with Gasteiger partial charge in [-0.05, 0) is 69.3 Å². The lowest BCUT2D eigenvalue weighted by Crippen LogP contribution is -2.48. The first kappa shape index (κ1) is 20.8. The third kappa shape index (κ3) is 4.30. The first-order valence-electron chi connectivity index (χ1n) is 11.8. The molecular weight excluding hydrogens is 394 g/mol. The van der Waals surface area contributed by atoms with Crippen LogP contribution in [0, 0.1) is 5.92 Å². The molecule has 0 bridgehead atoms. The van der Waals surface area contributed by atoms with Gasteiger partial charge < -0.3 is 19.7 Å². The Morgan fingerprint density at radius 2 is 1.94 bits per heavy atom. The molecule has 0 aromatic heterocycles. The number of nitrogens with zero attached hydrogens (tertiary/aromatic N) is 2. The molecule has 1 saturated carbocycles. The van der Waals surface area contributed by atoms with Gasteiger partial charge in [-0.25, -0.2) is 0 Å². The van der Waals surface area contributed by atoms with Crippen LogP contribution in [-0.2, 0) is 16.0 Å². The number of aryl methyl sites for hydroxylation is 1. The molecule has 1 aromatic carbocycles. The molecule has 168 valence electrons. The third-order valence-corrected chi connectivity index (χ3v) is 7.47. The van der Waals surface area contributed by atoms with Crippen molar-refractivity contribution in [1.82, 2.24) is 15.1 Å². The van der Waals surface area contributed by atoms with Crippen LogP contribution in [0.2, 0.25) is 0 Å². The fourth-order valence-corrected chi connectivity index (χ4v) is 5.55. The van der Waals surface area contributed by atoms with Crippen molar-refractivity contribution in [3.05, 3.63) is 29.3 Å². The van der Waals surface area contributed by atoms with Crippen LogP contribution in [0.1, 0.15) is 48.0 Å². The molecule has 0 unspecified atom stereocenters. The SMILES string of the molecule is CN1CCO[C@H]2CN(C(=O)C3CCC(NC(=O)c4ccc5c(c4)CCCO5)CC3)C[C@@H]21. The number of ether oxygens (including phenoxy) is 2. The number of likely N-dealkylation sites (tertiary alicyclic amines) is 1. The molecule has 31 heavy (non-hydrogen) atoms. The standard InChI is InChI=1S/C24H33N3O4/c1-26-10-12-31-22-15-27(14-20(22)26)24(29)16-4-7-19(8-5-16)25-23(28)18-6-9-21-17(13-18)3-2-11-30-21/h6,9,13,16,19-20,22H,2-5,7-8,10-12,14-15H2,1H3,(H,25,28)/t16?,19?,20-,22-/m0/s1. The summed E-state index contributed by atoms with van der Waals surface area (Å²) >= 11 is 0. The van der Waals surface area contributed by atoms with Crippen LogP contribution >= 0.6 is 0 Å². The maximum Gasteiger partial charge on any atom is 0.251 e. The lowest BCUT2D eigenvalue weighted by molar-refractivity contribution is -0.136. The van der Waals surface area contributed by atoms with E-state index in [1.807, 2.05) is 23.1 Å². The Bertz CT molecular complexity index is 836. The van der Waals surface area contributed by atoms with Crippen LogP contribution in [0.15, 0.2) is 18.2 Å². The normalized spacial score (nSPS) is 30.8. The van der Waals surface area contributed by atoms with Crippen molar-refractivity contribution < 1.29 is 19.1 Å². The van der Waals surface area contributed by atoms with Crippen LogP contribution in [0.25, 0.3) is 0 Å². The van der Waals surface area contributed by atoms with Crippen molar-refractivity contribution in [2.24, 2.45) is 5.92 Å². The van der Waals surface area contributed by atoms with Gasteiger partial charge >= 0.3 is 0 Å². The Balaban J connectivity index is 1.12. The Hall–Kier alpha value is -2.12. The van der Waals surface area contributed by atoms with Gasteiger partial charge in [-0.3, -0.25) is 14.5 Å². The van der Waals surface area contributed by atoms with E-state index in [-0.39, 0.29) is 29.9 Å². The van der Waals surface area contributed by atoms with E-state index in [0.29, 0.717) is 18.2 Å². The molecule has 1 aromatic rings. The van der Waals surface area contributed by atoms with Crippen LogP contribution in [0.5, 0.6) is 5.75 Å². The molecule has 1 N–H and O–H groups in total. The number of hydrogen-bond acceptors (Lipinski definition) is 5. The molecule has 2 amide bonds. The van der Waals surface area contributed by atoms with Gasteiger partial charge in [0.05, 0.1) is 25.4 Å². The van der Waals surface area contributed by atoms with E-state index in [1.54, 1.807) is 0 Å². The summed E-state index contributed by atoms with van der Waals surface area (Å²) in [6, 6.07) is 6.19. The number of nitrogens with one attached hydrogen (secondary N) is 1. The average Bonchev–Trinajstić information content (AvgIpc) is 3.24. The second-order valence-electron chi connectivity index (χ2n) is 9.50. The second kappa shape index (κ2) is 8.79. The first-order valence-corrected chi connectivity index (χ1v) is 11.8. The first-order chi connectivity index (χ1) is 15.1. The van der Waals surface area contributed by atoms with E-state index in [1.165, 1.54) is 0 Å². The van der Waals surface area contributed by atoms with Crippen molar-refractivity contribution in [3.63, 3.8) is 0 Å². The number of morpholine rings is 1. The Kier molecular flexibility index (Phi) is 5.89. The number of fused-ring (bicyclic) bond motifs is 2. The quantitative estimate of drug-likeness (QED) is 0.797. The fourth-order valence-electron chi connectivity index (χ4n) is 5.55. The summed E-state index contributed by atoms with van der Waals surface area (Å²) in [6.07, 6.45) is 5.50. The summed E-state index contributed by atoms with van der Waals surface area (Å²) in [4.78, 5) is 30.2. The van der Waals surface area contributed by atoms with E-state index in [9.17, 15) is 9.59 Å². The molecule has 7 heteroatoms. The molecule has 1 aliphatic carbocycles. The molecular formula is C24H33N3O4. The lowest BCUT2D eigenvalue weighted by atomic mass is 9.85. The van der Waals surface area contributed by atoms with Crippen LogP contribution in [0.4, 0.5) is 0 Å². The van der Waals surface area contributed by atoms with Crippen LogP contribution < -0.4 is 10.1 Å². The van der Waals surface area contributed by atoms with Crippen molar-refractivity contribution in [1.29, 1.82) is 0 Å². The monoisotopic (exact) mass is 427 g/mol. The number of carbonyl (C=O) groups excluding carboxylic acids is 2. The highest BCUT2D eigenvalue weighted by Crippen LogP contribution is 2.30. The Morgan fingerprint density at radius 3 is 2.74 bits per heavy atom. The Morgan fingerprint density at radius 1 is 1.10 bits per heavy atom. The minimum atomic E-state index is -0.0213. The predicted octanol–water partition coefficient (Wildman–Crippen LogP) is 1.84. The van der Waals surface area contributed by atoms with Gasteiger partial charge in [-0.2, -0.15) is 0 Å². The maximum atomic E-state index is 13.1. The smallest absolute Gasteiger partial charge is 0.251 e. The van der Waals surface area contributed by atoms with Crippen molar-refractivity contribution in [2.75, 3.05) is 39.9 Å². The molecule has 3 fully saturated rings. The molecule has 2 saturated heterocycles. The summed E-state index contributed by atoms with van der Waals surface area (Å²) in [5.74, 6) is 1.22. The van der Waals surface area contributed by atoms with Gasteiger partial charge in [0.2, 0.25) is 5.91 Å². The number of rotatable bonds is 3. The highest BCUT2D eigenvalue weighted by molar-refractivity contribution is 5.94. The number of likely N-dealkylation sites (N-methyl/N-ethyl adjacent to an activating group) is 1. The summed E-state index contributed by atoms with van der Waals surface area (Å²) in [7, 11) is 2.12. The highest BCUT2D eigenvalue weighted by atomic mass is 16.5. The summed E-state index contributed by atoms with van der Waals surface area (Å²) in [6.45, 7) is 3.93. The van der Waals surface area contributed by atoms with E-state index in [0.717, 1.165) is 76.1 Å². The van der Waals surface area contributed by atoms with Gasteiger partial charge in [0.25, 0.3) is 5.91 Å². The minimum Gasteiger partial charge on any atom is -0.493 e. The largest absolute Gasteiger partial charge is 0.493 e. The molecule has 0 spiro atoms. The number of benzene rings is 1. The van der Waals surface area contributed by atoms with E-state index < -0.39 is 0 Å². The maximum absolute atomic E-state index is 13.1. The van der Waals surface area contributed by atoms with Gasteiger partial charge in [0.15, 0.2) is 0 Å². The highest BCUT2D eigenvalue weighted by Gasteiger charge is 2.42. The Labute approximate surface area is 184 Å². The topological polar surface area (TPSA) is 71.1 Å². The predicted molar refractivity (Wildman–Crippen MR) is 116 cm³/mol. The van der Waals surface area contributed by atoms with E-state index in [2.05, 4.69) is 17.3 Å². The number of carbonyl (C=O) groups is 2. The zero-order valence-electron chi connectivity index (χ0n) is 18.3. The molecule has 3 heterocycles. The lowest BCUT2D eigenvalue weighted by Gasteiger charge is -2.33. The van der Waals surface area contributed by atoms with Crippen LogP contribution in [-0.4, -0.2) is 79.7 Å². The summed E-state index contributed by atoms with van der Waals surface area (Å²) in [5.41, 5.74) is 1.82.